The lowest BCUT2D eigenvalue weighted by Crippen LogP contribution is -2.12. The highest BCUT2D eigenvalue weighted by molar-refractivity contribution is 7.92. The summed E-state index contributed by atoms with van der Waals surface area (Å²) in [5, 5.41) is 5.85. The minimum atomic E-state index is -3.73. The number of benzene rings is 4. The van der Waals surface area contributed by atoms with Crippen LogP contribution in [-0.2, 0) is 14.8 Å². The molecule has 4 aromatic rings. The Labute approximate surface area is 205 Å². The van der Waals surface area contributed by atoms with E-state index in [-0.39, 0.29) is 10.8 Å². The first-order valence-electron chi connectivity index (χ1n) is 11.0. The van der Waals surface area contributed by atoms with Gasteiger partial charge in [-0.2, -0.15) is 0 Å². The average molecular weight is 484 g/mol. The summed E-state index contributed by atoms with van der Waals surface area (Å²) in [6, 6.07) is 30.7. The van der Waals surface area contributed by atoms with Crippen LogP contribution in [0.2, 0.25) is 0 Å². The summed E-state index contributed by atoms with van der Waals surface area (Å²) in [5.74, 6) is -0.267. The van der Waals surface area contributed by atoms with Gasteiger partial charge in [0.25, 0.3) is 10.0 Å². The van der Waals surface area contributed by atoms with Crippen LogP contribution in [0.5, 0.6) is 0 Å². The van der Waals surface area contributed by atoms with Crippen molar-refractivity contribution < 1.29 is 13.2 Å². The molecule has 4 aromatic carbocycles. The molecule has 0 aliphatic rings. The van der Waals surface area contributed by atoms with E-state index < -0.39 is 10.0 Å². The zero-order valence-electron chi connectivity index (χ0n) is 19.1. The first kappa shape index (κ1) is 23.8. The molecule has 35 heavy (non-hydrogen) atoms. The topological polar surface area (TPSA) is 87.3 Å². The maximum atomic E-state index is 12.8. The minimum Gasteiger partial charge on any atom is -0.386 e. The number of nitrogens with one attached hydrogen (secondary N) is 3. The second-order valence-electron chi connectivity index (χ2n) is 7.74. The van der Waals surface area contributed by atoms with Crippen molar-refractivity contribution in [1.82, 2.24) is 0 Å². The Balaban J connectivity index is 1.39. The van der Waals surface area contributed by atoms with Gasteiger partial charge >= 0.3 is 0 Å². The molecule has 0 aliphatic heterocycles. The van der Waals surface area contributed by atoms with Crippen LogP contribution >= 0.6 is 0 Å². The predicted octanol–water partition coefficient (Wildman–Crippen LogP) is 5.85. The molecule has 0 bridgehead atoms. The van der Waals surface area contributed by atoms with Crippen LogP contribution in [0.25, 0.3) is 17.2 Å². The van der Waals surface area contributed by atoms with Crippen LogP contribution in [0.4, 0.5) is 17.1 Å². The molecular weight excluding hydrogens is 458 g/mol. The molecule has 1 amide bonds. The number of carbonyl (C=O) groups excluding carboxylic acids is 1. The molecule has 0 aromatic heterocycles. The number of rotatable bonds is 8. The van der Waals surface area contributed by atoms with Gasteiger partial charge < -0.3 is 10.6 Å². The lowest BCUT2D eigenvalue weighted by Gasteiger charge is -2.09. The van der Waals surface area contributed by atoms with E-state index in [2.05, 4.69) is 15.4 Å². The van der Waals surface area contributed by atoms with E-state index in [0.29, 0.717) is 11.4 Å². The molecule has 7 heteroatoms. The van der Waals surface area contributed by atoms with Gasteiger partial charge in [-0.25, -0.2) is 8.42 Å². The fourth-order valence-electron chi connectivity index (χ4n) is 3.49. The van der Waals surface area contributed by atoms with Crippen LogP contribution in [0.15, 0.2) is 114 Å². The van der Waals surface area contributed by atoms with E-state index in [4.69, 9.17) is 0 Å². The maximum absolute atomic E-state index is 12.8. The summed E-state index contributed by atoms with van der Waals surface area (Å²) in [4.78, 5) is 12.4. The van der Waals surface area contributed by atoms with Gasteiger partial charge in [0.05, 0.1) is 16.3 Å². The van der Waals surface area contributed by atoms with E-state index in [9.17, 15) is 13.2 Å². The van der Waals surface area contributed by atoms with E-state index in [0.717, 1.165) is 22.4 Å². The average Bonchev–Trinajstić information content (AvgIpc) is 2.89. The Hall–Kier alpha value is -4.36. The fraction of sp³-hybridized carbons (Fsp3) is 0.0357. The smallest absolute Gasteiger partial charge is 0.261 e. The lowest BCUT2D eigenvalue weighted by molar-refractivity contribution is -0.111. The Morgan fingerprint density at radius 1 is 0.714 bits per heavy atom. The van der Waals surface area contributed by atoms with Gasteiger partial charge in [-0.3, -0.25) is 9.52 Å². The van der Waals surface area contributed by atoms with Crippen LogP contribution in [0.3, 0.4) is 0 Å². The molecule has 0 spiro atoms. The second-order valence-corrected chi connectivity index (χ2v) is 9.42. The highest BCUT2D eigenvalue weighted by Gasteiger charge is 2.14. The summed E-state index contributed by atoms with van der Waals surface area (Å²) >= 11 is 0. The summed E-state index contributed by atoms with van der Waals surface area (Å²) in [7, 11) is -1.94. The number of hydrogen-bond donors (Lipinski definition) is 3. The van der Waals surface area contributed by atoms with Gasteiger partial charge in [0, 0.05) is 18.8 Å². The molecule has 0 saturated carbocycles. The number of para-hydroxylation sites is 2. The van der Waals surface area contributed by atoms with Crippen molar-refractivity contribution >= 4 is 39.1 Å². The molecule has 0 atom stereocenters. The Morgan fingerprint density at radius 2 is 1.31 bits per heavy atom. The molecule has 0 radical (unpaired) electrons. The van der Waals surface area contributed by atoms with Crippen LogP contribution in [0, 0.1) is 0 Å². The number of carbonyl (C=O) groups is 1. The highest BCUT2D eigenvalue weighted by Crippen LogP contribution is 2.23. The third-order valence-electron chi connectivity index (χ3n) is 5.32. The lowest BCUT2D eigenvalue weighted by atomic mass is 10.1. The first-order valence-corrected chi connectivity index (χ1v) is 12.5. The minimum absolute atomic E-state index is 0.180. The third-order valence-corrected chi connectivity index (χ3v) is 6.71. The molecular formula is C28H25N3O3S. The summed E-state index contributed by atoms with van der Waals surface area (Å²) in [5.41, 5.74) is 4.66. The molecule has 176 valence electrons. The largest absolute Gasteiger partial charge is 0.386 e. The van der Waals surface area contributed by atoms with Crippen LogP contribution in [-0.4, -0.2) is 21.4 Å². The Kier molecular flexibility index (Phi) is 7.28. The van der Waals surface area contributed by atoms with Crippen molar-refractivity contribution in [3.05, 3.63) is 115 Å². The molecule has 0 fully saturated rings. The Morgan fingerprint density at radius 3 is 1.97 bits per heavy atom. The molecule has 0 unspecified atom stereocenters. The molecule has 0 saturated heterocycles. The first-order chi connectivity index (χ1) is 16.9. The number of hydrogen-bond acceptors (Lipinski definition) is 4. The van der Waals surface area contributed by atoms with E-state index in [1.165, 1.54) is 6.08 Å². The van der Waals surface area contributed by atoms with Gasteiger partial charge in [0.15, 0.2) is 0 Å². The summed E-state index contributed by atoms with van der Waals surface area (Å²) in [6.45, 7) is 0. The number of amides is 1. The maximum Gasteiger partial charge on any atom is 0.261 e. The zero-order chi connectivity index (χ0) is 24.7. The summed E-state index contributed by atoms with van der Waals surface area (Å²) < 4.78 is 28.2. The fourth-order valence-corrected chi connectivity index (χ4v) is 4.55. The van der Waals surface area contributed by atoms with E-state index >= 15 is 0 Å². The van der Waals surface area contributed by atoms with Crippen LogP contribution < -0.4 is 15.4 Å². The van der Waals surface area contributed by atoms with Crippen molar-refractivity contribution in [3.63, 3.8) is 0 Å². The Bertz CT molecular complexity index is 1430. The van der Waals surface area contributed by atoms with Gasteiger partial charge in [-0.1, -0.05) is 66.7 Å². The molecule has 3 N–H and O–H groups in total. The second kappa shape index (κ2) is 10.7. The standard InChI is InChI=1S/C28H25N3O3S/c1-29-26-9-5-6-10-27(26)30-28(32)20-13-21-11-16-24(17-12-21)31-35(33,34)25-18-14-23(15-19-25)22-7-3-2-4-8-22/h2-20,29,31H,1H3,(H,30,32)/b20-13+. The van der Waals surface area contributed by atoms with Gasteiger partial charge in [-0.15, -0.1) is 0 Å². The number of anilines is 3. The van der Waals surface area contributed by atoms with Crippen molar-refractivity contribution in [2.75, 3.05) is 22.4 Å². The SMILES string of the molecule is CNc1ccccc1NC(=O)/C=C/c1ccc(NS(=O)(=O)c2ccc(-c3ccccc3)cc2)cc1. The normalized spacial score (nSPS) is 11.2. The van der Waals surface area contributed by atoms with E-state index in [1.807, 2.05) is 54.6 Å². The molecule has 0 aliphatic carbocycles. The van der Waals surface area contributed by atoms with Crippen molar-refractivity contribution in [3.8, 4) is 11.1 Å². The summed E-state index contributed by atoms with van der Waals surface area (Å²) in [6.07, 6.45) is 3.10. The number of sulfonamides is 1. The highest BCUT2D eigenvalue weighted by atomic mass is 32.2. The third kappa shape index (κ3) is 6.16. The molecule has 0 heterocycles. The van der Waals surface area contributed by atoms with Gasteiger partial charge in [0.1, 0.15) is 0 Å². The van der Waals surface area contributed by atoms with Crippen molar-refractivity contribution in [2.45, 2.75) is 4.90 Å². The zero-order valence-corrected chi connectivity index (χ0v) is 19.9. The van der Waals surface area contributed by atoms with Gasteiger partial charge in [-0.05, 0) is 59.2 Å². The van der Waals surface area contributed by atoms with Crippen LogP contribution in [0.1, 0.15) is 5.56 Å². The van der Waals surface area contributed by atoms with Crippen molar-refractivity contribution in [1.29, 1.82) is 0 Å². The monoisotopic (exact) mass is 483 g/mol. The van der Waals surface area contributed by atoms with Crippen molar-refractivity contribution in [2.24, 2.45) is 0 Å². The van der Waals surface area contributed by atoms with Gasteiger partial charge in [0.2, 0.25) is 5.91 Å². The molecule has 6 nitrogen and oxygen atoms in total. The van der Waals surface area contributed by atoms with E-state index in [1.54, 1.807) is 61.7 Å². The predicted molar refractivity (Wildman–Crippen MR) is 143 cm³/mol. The quantitative estimate of drug-likeness (QED) is 0.275. The molecule has 4 rings (SSSR count).